The van der Waals surface area contributed by atoms with Crippen molar-refractivity contribution in [2.75, 3.05) is 6.61 Å². The van der Waals surface area contributed by atoms with Gasteiger partial charge >= 0.3 is 5.69 Å². The predicted octanol–water partition coefficient (Wildman–Crippen LogP) is 3.49. The molecule has 4 nitrogen and oxygen atoms in total. The average molecular weight is 374 g/mol. The number of aromatic nitrogens is 2. The Bertz CT molecular complexity index is 731. The lowest BCUT2D eigenvalue weighted by molar-refractivity contribution is 0.103. The second-order valence-corrected chi connectivity index (χ2v) is 6.98. The van der Waals surface area contributed by atoms with Gasteiger partial charge in [0.2, 0.25) is 0 Å². The molecule has 2 heterocycles. The Hall–Kier alpha value is -0.780. The minimum Gasteiger partial charge on any atom is -0.378 e. The summed E-state index contributed by atoms with van der Waals surface area (Å²) in [6.07, 6.45) is 3.23. The second-order valence-electron chi connectivity index (χ2n) is 5.60. The van der Waals surface area contributed by atoms with Crippen molar-refractivity contribution >= 4 is 38.6 Å². The maximum absolute atomic E-state index is 12.0. The van der Waals surface area contributed by atoms with Crippen molar-refractivity contribution in [2.45, 2.75) is 30.7 Å². The Balaban J connectivity index is 2.00. The highest BCUT2D eigenvalue weighted by atomic mass is 79.9. The summed E-state index contributed by atoms with van der Waals surface area (Å²) in [6.45, 7) is 0.835. The molecule has 0 N–H and O–H groups in total. The molecular formula is C15H18BrClN2O2. The van der Waals surface area contributed by atoms with Crippen molar-refractivity contribution in [3.63, 3.8) is 0 Å². The number of rotatable bonds is 3. The standard InChI is InChI=1S/C15H18BrClN2O2/c1-18-13-7-10(12(17)6-9-4-3-5-21-9)11(16)8-14(13)19(2)15(18)20/h7-9,12H,3-6H2,1-2H3. The maximum Gasteiger partial charge on any atom is 0.328 e. The Morgan fingerprint density at radius 1 is 1.38 bits per heavy atom. The molecule has 0 saturated carbocycles. The predicted molar refractivity (Wildman–Crippen MR) is 88.0 cm³/mol. The average Bonchev–Trinajstić information content (AvgIpc) is 3.03. The van der Waals surface area contributed by atoms with Gasteiger partial charge in [-0.05, 0) is 37.0 Å². The lowest BCUT2D eigenvalue weighted by Crippen LogP contribution is -2.19. The zero-order valence-corrected chi connectivity index (χ0v) is 14.4. The van der Waals surface area contributed by atoms with Gasteiger partial charge < -0.3 is 4.74 Å². The summed E-state index contributed by atoms with van der Waals surface area (Å²) in [4.78, 5) is 12.0. The fraction of sp³-hybridized carbons (Fsp3) is 0.533. The molecule has 21 heavy (non-hydrogen) atoms. The molecule has 1 fully saturated rings. The quantitative estimate of drug-likeness (QED) is 0.772. The Morgan fingerprint density at radius 3 is 2.67 bits per heavy atom. The molecule has 1 aromatic heterocycles. The first-order valence-corrected chi connectivity index (χ1v) is 8.32. The van der Waals surface area contributed by atoms with Gasteiger partial charge in [-0.2, -0.15) is 0 Å². The number of imidazole rings is 1. The molecule has 2 aromatic rings. The molecule has 1 aliphatic rings. The van der Waals surface area contributed by atoms with Crippen LogP contribution in [0.4, 0.5) is 0 Å². The SMILES string of the molecule is Cn1c(=O)n(C)c2cc(C(Cl)CC3CCCO3)c(Br)cc21. The van der Waals surface area contributed by atoms with E-state index in [9.17, 15) is 4.79 Å². The van der Waals surface area contributed by atoms with E-state index in [1.165, 1.54) is 0 Å². The van der Waals surface area contributed by atoms with Crippen LogP contribution in [-0.4, -0.2) is 21.8 Å². The molecule has 0 bridgehead atoms. The van der Waals surface area contributed by atoms with Crippen LogP contribution < -0.4 is 5.69 Å². The first-order chi connectivity index (χ1) is 9.99. The lowest BCUT2D eigenvalue weighted by atomic mass is 10.0. The van der Waals surface area contributed by atoms with E-state index in [4.69, 9.17) is 16.3 Å². The van der Waals surface area contributed by atoms with E-state index in [0.29, 0.717) is 0 Å². The van der Waals surface area contributed by atoms with Gasteiger partial charge in [-0.25, -0.2) is 4.79 Å². The molecule has 1 saturated heterocycles. The lowest BCUT2D eigenvalue weighted by Gasteiger charge is -2.16. The van der Waals surface area contributed by atoms with E-state index < -0.39 is 0 Å². The topological polar surface area (TPSA) is 36.2 Å². The third kappa shape index (κ3) is 2.67. The van der Waals surface area contributed by atoms with Gasteiger partial charge in [-0.15, -0.1) is 11.6 Å². The van der Waals surface area contributed by atoms with Gasteiger partial charge in [0, 0.05) is 25.2 Å². The van der Waals surface area contributed by atoms with Crippen LogP contribution in [0, 0.1) is 0 Å². The van der Waals surface area contributed by atoms with Crippen molar-refractivity contribution in [3.8, 4) is 0 Å². The normalized spacial score (nSPS) is 20.3. The van der Waals surface area contributed by atoms with Gasteiger partial charge in [-0.3, -0.25) is 9.13 Å². The van der Waals surface area contributed by atoms with Gasteiger partial charge in [0.15, 0.2) is 0 Å². The molecule has 114 valence electrons. The van der Waals surface area contributed by atoms with Crippen molar-refractivity contribution in [2.24, 2.45) is 14.1 Å². The van der Waals surface area contributed by atoms with Crippen molar-refractivity contribution in [3.05, 3.63) is 32.7 Å². The van der Waals surface area contributed by atoms with E-state index >= 15 is 0 Å². The first-order valence-electron chi connectivity index (χ1n) is 7.09. The Labute approximate surface area is 136 Å². The molecule has 0 radical (unpaired) electrons. The smallest absolute Gasteiger partial charge is 0.328 e. The number of benzene rings is 1. The van der Waals surface area contributed by atoms with Gasteiger partial charge in [-0.1, -0.05) is 15.9 Å². The number of hydrogen-bond acceptors (Lipinski definition) is 2. The van der Waals surface area contributed by atoms with Crippen LogP contribution in [0.5, 0.6) is 0 Å². The summed E-state index contributed by atoms with van der Waals surface area (Å²) in [6, 6.07) is 3.98. The van der Waals surface area contributed by atoms with E-state index in [2.05, 4.69) is 15.9 Å². The number of alkyl halides is 1. The van der Waals surface area contributed by atoms with E-state index in [-0.39, 0.29) is 17.2 Å². The summed E-state index contributed by atoms with van der Waals surface area (Å²) in [5.41, 5.74) is 2.79. The molecule has 2 unspecified atom stereocenters. The number of fused-ring (bicyclic) bond motifs is 1. The fourth-order valence-corrected chi connectivity index (χ4v) is 4.08. The highest BCUT2D eigenvalue weighted by Crippen LogP contribution is 2.36. The van der Waals surface area contributed by atoms with Crippen LogP contribution in [-0.2, 0) is 18.8 Å². The summed E-state index contributed by atoms with van der Waals surface area (Å²) in [7, 11) is 3.56. The van der Waals surface area contributed by atoms with Gasteiger partial charge in [0.05, 0.1) is 22.5 Å². The van der Waals surface area contributed by atoms with Crippen LogP contribution in [0.1, 0.15) is 30.2 Å². The summed E-state index contributed by atoms with van der Waals surface area (Å²) in [5, 5.41) is -0.123. The highest BCUT2D eigenvalue weighted by molar-refractivity contribution is 9.10. The third-order valence-electron chi connectivity index (χ3n) is 4.22. The number of halogens is 2. The molecule has 0 amide bonds. The van der Waals surface area contributed by atoms with E-state index in [1.807, 2.05) is 12.1 Å². The molecule has 0 spiro atoms. The molecule has 0 aliphatic carbocycles. The number of ether oxygens (including phenoxy) is 1. The van der Waals surface area contributed by atoms with E-state index in [1.54, 1.807) is 23.2 Å². The minimum absolute atomic E-state index is 0.0284. The minimum atomic E-state index is -0.123. The molecule has 6 heteroatoms. The maximum atomic E-state index is 12.0. The second kappa shape index (κ2) is 5.78. The zero-order valence-electron chi connectivity index (χ0n) is 12.1. The largest absolute Gasteiger partial charge is 0.378 e. The molecule has 3 rings (SSSR count). The van der Waals surface area contributed by atoms with Gasteiger partial charge in [0.1, 0.15) is 0 Å². The number of nitrogens with zero attached hydrogens (tertiary/aromatic N) is 2. The molecule has 2 atom stereocenters. The molecule has 1 aromatic carbocycles. The summed E-state index contributed by atoms with van der Waals surface area (Å²) < 4.78 is 9.90. The molecule has 1 aliphatic heterocycles. The molecular weight excluding hydrogens is 356 g/mol. The Morgan fingerprint density at radius 2 is 2.05 bits per heavy atom. The number of hydrogen-bond donors (Lipinski definition) is 0. The van der Waals surface area contributed by atoms with Crippen molar-refractivity contribution < 1.29 is 4.74 Å². The monoisotopic (exact) mass is 372 g/mol. The van der Waals surface area contributed by atoms with Crippen molar-refractivity contribution in [1.29, 1.82) is 0 Å². The van der Waals surface area contributed by atoms with Crippen LogP contribution in [0.15, 0.2) is 21.4 Å². The Kier molecular flexibility index (Phi) is 4.17. The van der Waals surface area contributed by atoms with Crippen LogP contribution in [0.25, 0.3) is 11.0 Å². The fourth-order valence-electron chi connectivity index (χ4n) is 2.96. The number of aryl methyl sites for hydroxylation is 2. The van der Waals surface area contributed by atoms with Gasteiger partial charge in [0.25, 0.3) is 0 Å². The summed E-state index contributed by atoms with van der Waals surface area (Å²) >= 11 is 10.2. The van der Waals surface area contributed by atoms with Crippen molar-refractivity contribution in [1.82, 2.24) is 9.13 Å². The van der Waals surface area contributed by atoms with Crippen LogP contribution in [0.2, 0.25) is 0 Å². The van der Waals surface area contributed by atoms with Crippen LogP contribution in [0.3, 0.4) is 0 Å². The highest BCUT2D eigenvalue weighted by Gasteiger charge is 2.23. The zero-order chi connectivity index (χ0) is 15.1. The van der Waals surface area contributed by atoms with E-state index in [0.717, 1.165) is 46.9 Å². The third-order valence-corrected chi connectivity index (χ3v) is 5.32. The first kappa shape index (κ1) is 15.1. The summed E-state index contributed by atoms with van der Waals surface area (Å²) in [5.74, 6) is 0. The van der Waals surface area contributed by atoms with Crippen LogP contribution >= 0.6 is 27.5 Å².